The third-order valence-corrected chi connectivity index (χ3v) is 6.41. The first kappa shape index (κ1) is 23.0. The van der Waals surface area contributed by atoms with E-state index in [2.05, 4.69) is 10.0 Å². The molecule has 8 nitrogen and oxygen atoms in total. The summed E-state index contributed by atoms with van der Waals surface area (Å²) in [5.74, 6) is 0.0314. The number of amides is 2. The summed E-state index contributed by atoms with van der Waals surface area (Å²) < 4.78 is 30.8. The zero-order valence-corrected chi connectivity index (χ0v) is 19.2. The predicted octanol–water partition coefficient (Wildman–Crippen LogP) is 3.02. The number of benzene rings is 2. The van der Waals surface area contributed by atoms with Crippen LogP contribution in [0, 0.1) is 5.92 Å². The summed E-state index contributed by atoms with van der Waals surface area (Å²) in [6, 6.07) is 16.3. The smallest absolute Gasteiger partial charge is 0.291 e. The number of likely N-dealkylation sites (tertiary alicyclic amines) is 1. The van der Waals surface area contributed by atoms with Crippen molar-refractivity contribution >= 4 is 38.5 Å². The average molecular weight is 470 g/mol. The molecule has 9 heteroatoms. The number of carbonyl (C=O) groups is 2. The van der Waals surface area contributed by atoms with Crippen LogP contribution in [-0.2, 0) is 21.2 Å². The molecule has 2 N–H and O–H groups in total. The molecule has 0 aliphatic carbocycles. The number of rotatable bonds is 7. The van der Waals surface area contributed by atoms with Gasteiger partial charge in [-0.25, -0.2) is 13.1 Å². The normalized spacial score (nSPS) is 16.6. The van der Waals surface area contributed by atoms with Crippen LogP contribution in [-0.4, -0.2) is 51.0 Å². The molecule has 4 rings (SSSR count). The topological polar surface area (TPSA) is 109 Å². The van der Waals surface area contributed by atoms with Crippen LogP contribution in [0.4, 0.5) is 5.69 Å². The van der Waals surface area contributed by atoms with Crippen LogP contribution in [0.1, 0.15) is 29.0 Å². The summed E-state index contributed by atoms with van der Waals surface area (Å²) in [6.07, 6.45) is 3.14. The quantitative estimate of drug-likeness (QED) is 0.553. The third-order valence-electron chi connectivity index (χ3n) is 5.72. The molecule has 2 amide bonds. The van der Waals surface area contributed by atoms with Gasteiger partial charge in [0, 0.05) is 30.7 Å². The fourth-order valence-corrected chi connectivity index (χ4v) is 4.54. The maximum Gasteiger partial charge on any atom is 0.291 e. The van der Waals surface area contributed by atoms with Crippen LogP contribution in [0.2, 0.25) is 0 Å². The van der Waals surface area contributed by atoms with E-state index in [9.17, 15) is 18.0 Å². The molecule has 2 aromatic carbocycles. The largest absolute Gasteiger partial charge is 0.451 e. The van der Waals surface area contributed by atoms with E-state index < -0.39 is 10.0 Å². The van der Waals surface area contributed by atoms with E-state index in [1.54, 1.807) is 23.1 Å². The average Bonchev–Trinajstić information content (AvgIpc) is 3.23. The molecule has 174 valence electrons. The van der Waals surface area contributed by atoms with E-state index in [0.717, 1.165) is 30.0 Å². The SMILES string of the molecule is CS(=O)(=O)NCC1CCCN(C(=O)Cc2ccc(NC(=O)c3cc4ccccc4o3)cc2)C1. The maximum absolute atomic E-state index is 12.8. The van der Waals surface area contributed by atoms with Crippen molar-refractivity contribution in [3.63, 3.8) is 0 Å². The van der Waals surface area contributed by atoms with Crippen molar-refractivity contribution in [2.75, 3.05) is 31.2 Å². The molecule has 1 saturated heterocycles. The summed E-state index contributed by atoms with van der Waals surface area (Å²) >= 11 is 0. The molecule has 1 aromatic heterocycles. The molecule has 0 radical (unpaired) electrons. The minimum Gasteiger partial charge on any atom is -0.451 e. The summed E-state index contributed by atoms with van der Waals surface area (Å²) in [5, 5.41) is 3.68. The van der Waals surface area contributed by atoms with Gasteiger partial charge in [0.15, 0.2) is 5.76 Å². The van der Waals surface area contributed by atoms with Crippen molar-refractivity contribution in [3.8, 4) is 0 Å². The minimum atomic E-state index is -3.24. The minimum absolute atomic E-state index is 0.0121. The second kappa shape index (κ2) is 9.76. The van der Waals surface area contributed by atoms with E-state index in [0.29, 0.717) is 30.9 Å². The summed E-state index contributed by atoms with van der Waals surface area (Å²) in [6.45, 7) is 1.58. The number of anilines is 1. The fraction of sp³-hybridized carbons (Fsp3) is 0.333. The van der Waals surface area contributed by atoms with E-state index >= 15 is 0 Å². The van der Waals surface area contributed by atoms with Gasteiger partial charge in [-0.3, -0.25) is 9.59 Å². The predicted molar refractivity (Wildman–Crippen MR) is 126 cm³/mol. The standard InChI is InChI=1S/C24H27N3O5S/c1-33(30,31)25-15-18-5-4-12-27(16-18)23(28)13-17-8-10-20(11-9-17)26-24(29)22-14-19-6-2-3-7-21(19)32-22/h2-3,6-11,14,18,25H,4-5,12-13,15-16H2,1H3,(H,26,29). The van der Waals surface area contributed by atoms with Gasteiger partial charge in [-0.05, 0) is 48.6 Å². The van der Waals surface area contributed by atoms with Gasteiger partial charge in [-0.15, -0.1) is 0 Å². The zero-order chi connectivity index (χ0) is 23.4. The Kier molecular flexibility index (Phi) is 6.80. The Morgan fingerprint density at radius 2 is 1.88 bits per heavy atom. The highest BCUT2D eigenvalue weighted by Gasteiger charge is 2.24. The van der Waals surface area contributed by atoms with Crippen molar-refractivity contribution < 1.29 is 22.4 Å². The van der Waals surface area contributed by atoms with Gasteiger partial charge in [0.1, 0.15) is 5.58 Å². The lowest BCUT2D eigenvalue weighted by atomic mass is 9.97. The molecule has 1 unspecified atom stereocenters. The second-order valence-corrected chi connectivity index (χ2v) is 10.3. The molecule has 1 aliphatic heterocycles. The van der Waals surface area contributed by atoms with Crippen LogP contribution in [0.5, 0.6) is 0 Å². The van der Waals surface area contributed by atoms with Gasteiger partial charge >= 0.3 is 0 Å². The molecule has 33 heavy (non-hydrogen) atoms. The number of hydrogen-bond acceptors (Lipinski definition) is 5. The highest BCUT2D eigenvalue weighted by Crippen LogP contribution is 2.21. The Hall–Kier alpha value is -3.17. The molecular weight excluding hydrogens is 442 g/mol. The lowest BCUT2D eigenvalue weighted by Gasteiger charge is -2.33. The number of furan rings is 1. The molecule has 1 aliphatic rings. The van der Waals surface area contributed by atoms with E-state index in [1.165, 1.54) is 0 Å². The Morgan fingerprint density at radius 1 is 1.12 bits per heavy atom. The highest BCUT2D eigenvalue weighted by molar-refractivity contribution is 7.88. The monoisotopic (exact) mass is 469 g/mol. The first-order valence-corrected chi connectivity index (χ1v) is 12.8. The number of nitrogens with one attached hydrogen (secondary N) is 2. The van der Waals surface area contributed by atoms with Crippen LogP contribution < -0.4 is 10.0 Å². The number of piperidine rings is 1. The van der Waals surface area contributed by atoms with Gasteiger partial charge in [-0.1, -0.05) is 30.3 Å². The van der Waals surface area contributed by atoms with Crippen molar-refractivity contribution in [2.45, 2.75) is 19.3 Å². The lowest BCUT2D eigenvalue weighted by Crippen LogP contribution is -2.44. The van der Waals surface area contributed by atoms with Gasteiger partial charge < -0.3 is 14.6 Å². The molecule has 0 saturated carbocycles. The molecule has 3 aromatic rings. The lowest BCUT2D eigenvalue weighted by molar-refractivity contribution is -0.132. The third kappa shape index (κ3) is 6.21. The van der Waals surface area contributed by atoms with Crippen molar-refractivity contribution in [3.05, 3.63) is 65.9 Å². The number of para-hydroxylation sites is 1. The van der Waals surface area contributed by atoms with E-state index in [1.807, 2.05) is 36.4 Å². The number of nitrogens with zero attached hydrogens (tertiary/aromatic N) is 1. The van der Waals surface area contributed by atoms with Crippen molar-refractivity contribution in [2.24, 2.45) is 5.92 Å². The summed E-state index contributed by atoms with van der Waals surface area (Å²) in [7, 11) is -3.24. The molecule has 1 atom stereocenters. The Labute approximate surface area is 193 Å². The number of carbonyl (C=O) groups excluding carboxylic acids is 2. The van der Waals surface area contributed by atoms with Crippen LogP contribution >= 0.6 is 0 Å². The fourth-order valence-electron chi connectivity index (χ4n) is 4.01. The Bertz CT molecular complexity index is 1220. The van der Waals surface area contributed by atoms with Gasteiger partial charge in [0.2, 0.25) is 15.9 Å². The van der Waals surface area contributed by atoms with Crippen molar-refractivity contribution in [1.29, 1.82) is 0 Å². The number of sulfonamides is 1. The van der Waals surface area contributed by atoms with Gasteiger partial charge in [0.25, 0.3) is 5.91 Å². The first-order valence-electron chi connectivity index (χ1n) is 10.9. The number of hydrogen-bond donors (Lipinski definition) is 2. The van der Waals surface area contributed by atoms with Crippen LogP contribution in [0.25, 0.3) is 11.0 Å². The second-order valence-electron chi connectivity index (χ2n) is 8.44. The van der Waals surface area contributed by atoms with Crippen LogP contribution in [0.15, 0.2) is 59.0 Å². The Morgan fingerprint density at radius 3 is 2.61 bits per heavy atom. The molecular formula is C24H27N3O5S. The van der Waals surface area contributed by atoms with Gasteiger partial charge in [0.05, 0.1) is 12.7 Å². The molecule has 0 spiro atoms. The van der Waals surface area contributed by atoms with E-state index in [4.69, 9.17) is 4.42 Å². The first-order chi connectivity index (χ1) is 15.8. The maximum atomic E-state index is 12.8. The summed E-state index contributed by atoms with van der Waals surface area (Å²) in [4.78, 5) is 27.0. The highest BCUT2D eigenvalue weighted by atomic mass is 32.2. The molecule has 2 heterocycles. The van der Waals surface area contributed by atoms with Gasteiger partial charge in [-0.2, -0.15) is 0 Å². The number of fused-ring (bicyclic) bond motifs is 1. The Balaban J connectivity index is 1.31. The summed E-state index contributed by atoms with van der Waals surface area (Å²) in [5.41, 5.74) is 2.11. The molecule has 0 bridgehead atoms. The van der Waals surface area contributed by atoms with E-state index in [-0.39, 0.29) is 29.9 Å². The molecule has 1 fully saturated rings. The van der Waals surface area contributed by atoms with Crippen molar-refractivity contribution in [1.82, 2.24) is 9.62 Å². The zero-order valence-electron chi connectivity index (χ0n) is 18.4. The van der Waals surface area contributed by atoms with Crippen LogP contribution in [0.3, 0.4) is 0 Å².